The van der Waals surface area contributed by atoms with Crippen molar-refractivity contribution < 1.29 is 37.8 Å². The van der Waals surface area contributed by atoms with Crippen LogP contribution in [0.1, 0.15) is 78.1 Å². The lowest BCUT2D eigenvalue weighted by Gasteiger charge is -2.35. The van der Waals surface area contributed by atoms with Crippen molar-refractivity contribution in [2.75, 3.05) is 25.0 Å². The number of ether oxygens (including phenoxy) is 1. The summed E-state index contributed by atoms with van der Waals surface area (Å²) in [5, 5.41) is 14.9. The van der Waals surface area contributed by atoms with Crippen molar-refractivity contribution in [3.05, 3.63) is 93.0 Å². The average molecular weight is 668 g/mol. The average Bonchev–Trinajstić information content (AvgIpc) is 3.88. The van der Waals surface area contributed by atoms with E-state index in [1.54, 1.807) is 19.9 Å². The highest BCUT2D eigenvalue weighted by atomic mass is 35.5. The molecule has 248 valence electrons. The van der Waals surface area contributed by atoms with Crippen molar-refractivity contribution in [3.8, 4) is 5.75 Å². The molecule has 1 saturated heterocycles. The Hall–Kier alpha value is -4.51. The van der Waals surface area contributed by atoms with E-state index in [9.17, 15) is 28.7 Å². The van der Waals surface area contributed by atoms with Gasteiger partial charge in [-0.2, -0.15) is 0 Å². The van der Waals surface area contributed by atoms with Crippen LogP contribution in [0.15, 0.2) is 48.5 Å². The predicted molar refractivity (Wildman–Crippen MR) is 172 cm³/mol. The molecular weight excluding hydrogens is 632 g/mol. The summed E-state index contributed by atoms with van der Waals surface area (Å²) in [5.41, 5.74) is 0.382. The van der Waals surface area contributed by atoms with Crippen molar-refractivity contribution in [3.63, 3.8) is 0 Å². The van der Waals surface area contributed by atoms with Crippen LogP contribution < -0.4 is 15.4 Å². The molecule has 47 heavy (non-hydrogen) atoms. The van der Waals surface area contributed by atoms with Gasteiger partial charge >= 0.3 is 12.0 Å². The van der Waals surface area contributed by atoms with E-state index in [4.69, 9.17) is 16.3 Å². The second-order valence-electron chi connectivity index (χ2n) is 12.6. The number of urea groups is 1. The fourth-order valence-electron chi connectivity index (χ4n) is 5.73. The number of carboxylic acids is 1. The number of nitrogens with one attached hydrogen (secondary N) is 2. The number of halogens is 3. The Morgan fingerprint density at radius 1 is 1.00 bits per heavy atom. The zero-order chi connectivity index (χ0) is 34.0. The summed E-state index contributed by atoms with van der Waals surface area (Å²) in [4.78, 5) is 51.9. The minimum Gasteiger partial charge on any atom is -0.483 e. The van der Waals surface area contributed by atoms with Crippen molar-refractivity contribution in [1.82, 2.24) is 10.2 Å². The zero-order valence-corrected chi connectivity index (χ0v) is 27.0. The lowest BCUT2D eigenvalue weighted by Crippen LogP contribution is -2.51. The molecule has 12 heteroatoms. The van der Waals surface area contributed by atoms with Gasteiger partial charge in [0.1, 0.15) is 17.4 Å². The molecule has 1 saturated carbocycles. The van der Waals surface area contributed by atoms with E-state index < -0.39 is 53.4 Å². The molecule has 0 atom stereocenters. The van der Waals surface area contributed by atoms with Crippen LogP contribution in [0.3, 0.4) is 0 Å². The van der Waals surface area contributed by atoms with Crippen molar-refractivity contribution in [2.24, 2.45) is 5.92 Å². The van der Waals surface area contributed by atoms with Crippen LogP contribution >= 0.6 is 11.6 Å². The second kappa shape index (κ2) is 13.7. The third-order valence-electron chi connectivity index (χ3n) is 8.66. The first-order valence-corrected chi connectivity index (χ1v) is 15.8. The Morgan fingerprint density at radius 2 is 1.70 bits per heavy atom. The normalized spacial score (nSPS) is 15.2. The molecule has 9 nitrogen and oxygen atoms in total. The van der Waals surface area contributed by atoms with E-state index >= 15 is 4.39 Å². The SMILES string of the molecule is Cc1c(NC(=O)COc2ccc(Cl)cc2C(=O)c2cc(F)cc(C3CC3)c2)ccc(C(C)(C)NC(=O)N2CCC(C(=O)O)CC2)c1F. The summed E-state index contributed by atoms with van der Waals surface area (Å²) in [7, 11) is 0. The number of anilines is 1. The largest absolute Gasteiger partial charge is 0.483 e. The number of benzene rings is 3. The molecule has 0 aromatic heterocycles. The highest BCUT2D eigenvalue weighted by Gasteiger charge is 2.33. The Balaban J connectivity index is 1.23. The van der Waals surface area contributed by atoms with Crippen LogP contribution in [-0.4, -0.2) is 53.4 Å². The number of carbonyl (C=O) groups is 4. The van der Waals surface area contributed by atoms with Crippen LogP contribution in [0, 0.1) is 24.5 Å². The van der Waals surface area contributed by atoms with Crippen LogP contribution in [0.5, 0.6) is 5.75 Å². The molecule has 3 N–H and O–H groups in total. The van der Waals surface area contributed by atoms with Gasteiger partial charge in [0.15, 0.2) is 12.4 Å². The molecule has 0 spiro atoms. The first kappa shape index (κ1) is 33.8. The van der Waals surface area contributed by atoms with Gasteiger partial charge in [0.25, 0.3) is 5.91 Å². The number of ketones is 1. The molecular formula is C35H36ClF2N3O6. The van der Waals surface area contributed by atoms with Gasteiger partial charge in [0.05, 0.1) is 17.0 Å². The number of carbonyl (C=O) groups excluding carboxylic acids is 3. The number of nitrogens with zero attached hydrogens (tertiary/aromatic N) is 1. The summed E-state index contributed by atoms with van der Waals surface area (Å²) in [6.45, 7) is 4.85. The maximum absolute atomic E-state index is 15.7. The molecule has 5 rings (SSSR count). The van der Waals surface area contributed by atoms with Crippen molar-refractivity contribution in [1.29, 1.82) is 0 Å². The van der Waals surface area contributed by atoms with Crippen LogP contribution in [0.4, 0.5) is 19.3 Å². The number of amides is 3. The molecule has 3 aromatic rings. The number of aliphatic carboxylic acids is 1. The number of piperidine rings is 1. The van der Waals surface area contributed by atoms with E-state index in [0.717, 1.165) is 24.5 Å². The van der Waals surface area contributed by atoms with E-state index in [0.29, 0.717) is 12.8 Å². The zero-order valence-electron chi connectivity index (χ0n) is 26.3. The number of carboxylic acid groups (broad SMARTS) is 1. The highest BCUT2D eigenvalue weighted by molar-refractivity contribution is 6.31. The maximum atomic E-state index is 15.7. The van der Waals surface area contributed by atoms with Crippen LogP contribution in [0.25, 0.3) is 0 Å². The summed E-state index contributed by atoms with van der Waals surface area (Å²) < 4.78 is 35.7. The van der Waals surface area contributed by atoms with Crippen molar-refractivity contribution >= 4 is 41.0 Å². The van der Waals surface area contributed by atoms with Crippen molar-refractivity contribution in [2.45, 2.75) is 57.9 Å². The van der Waals surface area contributed by atoms with E-state index in [1.807, 2.05) is 0 Å². The topological polar surface area (TPSA) is 125 Å². The Bertz CT molecular complexity index is 1730. The van der Waals surface area contributed by atoms with Gasteiger partial charge in [0.2, 0.25) is 0 Å². The molecule has 0 radical (unpaired) electrons. The lowest BCUT2D eigenvalue weighted by atomic mass is 9.91. The van der Waals surface area contributed by atoms with E-state index in [1.165, 1.54) is 48.2 Å². The minimum absolute atomic E-state index is 0.0692. The first-order chi connectivity index (χ1) is 22.2. The number of rotatable bonds is 10. The van der Waals surface area contributed by atoms with Crippen LogP contribution in [-0.2, 0) is 15.1 Å². The molecule has 3 amide bonds. The third kappa shape index (κ3) is 7.90. The first-order valence-electron chi connectivity index (χ1n) is 15.4. The third-order valence-corrected chi connectivity index (χ3v) is 8.90. The monoisotopic (exact) mass is 667 g/mol. The summed E-state index contributed by atoms with van der Waals surface area (Å²) in [5.74, 6) is -3.31. The number of hydrogen-bond donors (Lipinski definition) is 3. The van der Waals surface area contributed by atoms with Gasteiger partial charge < -0.3 is 25.4 Å². The quantitative estimate of drug-likeness (QED) is 0.205. The van der Waals surface area contributed by atoms with E-state index in [2.05, 4.69) is 10.6 Å². The Kier molecular flexibility index (Phi) is 9.86. The van der Waals surface area contributed by atoms with Gasteiger partial charge in [-0.05, 0) is 100 Å². The Labute approximate surface area is 276 Å². The molecule has 1 aliphatic heterocycles. The predicted octanol–water partition coefficient (Wildman–Crippen LogP) is 6.79. The fraction of sp³-hybridized carbons (Fsp3) is 0.371. The van der Waals surface area contributed by atoms with Gasteiger partial charge in [-0.25, -0.2) is 13.6 Å². The van der Waals surface area contributed by atoms with Gasteiger partial charge in [-0.3, -0.25) is 14.4 Å². The molecule has 2 fully saturated rings. The summed E-state index contributed by atoms with van der Waals surface area (Å²) >= 11 is 6.16. The molecule has 1 heterocycles. The van der Waals surface area contributed by atoms with Gasteiger partial charge in [-0.15, -0.1) is 0 Å². The smallest absolute Gasteiger partial charge is 0.318 e. The number of likely N-dealkylation sites (tertiary alicyclic amines) is 1. The molecule has 0 bridgehead atoms. The molecule has 1 aliphatic carbocycles. The lowest BCUT2D eigenvalue weighted by molar-refractivity contribution is -0.143. The molecule has 0 unspecified atom stereocenters. The Morgan fingerprint density at radius 3 is 2.36 bits per heavy atom. The minimum atomic E-state index is -1.13. The fourth-order valence-corrected chi connectivity index (χ4v) is 5.90. The van der Waals surface area contributed by atoms with Gasteiger partial charge in [0, 0.05) is 40.5 Å². The molecule has 2 aliphatic rings. The highest BCUT2D eigenvalue weighted by Crippen LogP contribution is 2.41. The van der Waals surface area contributed by atoms with Gasteiger partial charge in [-0.1, -0.05) is 17.7 Å². The standard InChI is InChI=1S/C35H36ClF2N3O6/c1-19-28(8-7-27(31(19)38)35(2,3)40-34(46)41-12-10-21(11-13-41)33(44)45)39-30(42)18-47-29-9-6-24(36)17-26(29)32(43)23-14-22(20-4-5-20)15-25(37)16-23/h6-9,14-17,20-21H,4-5,10-13,18H2,1-3H3,(H,39,42)(H,40,46)(H,44,45). The second-order valence-corrected chi connectivity index (χ2v) is 13.0. The summed E-state index contributed by atoms with van der Waals surface area (Å²) in [6, 6.07) is 11.2. The summed E-state index contributed by atoms with van der Waals surface area (Å²) in [6.07, 6.45) is 2.57. The van der Waals surface area contributed by atoms with E-state index in [-0.39, 0.29) is 57.7 Å². The molecule has 3 aromatic carbocycles. The number of hydrogen-bond acceptors (Lipinski definition) is 5. The maximum Gasteiger partial charge on any atom is 0.318 e. The van der Waals surface area contributed by atoms with Crippen LogP contribution in [0.2, 0.25) is 5.02 Å².